The molecule has 0 saturated carbocycles. The van der Waals surface area contributed by atoms with Gasteiger partial charge in [0.15, 0.2) is 17.1 Å². The molecule has 0 spiro atoms. The lowest BCUT2D eigenvalue weighted by atomic mass is 9.85. The molecular weight excluding hydrogens is 488 g/mol. The minimum atomic E-state index is -1.93. The van der Waals surface area contributed by atoms with Crippen LogP contribution < -0.4 is 14.9 Å². The molecule has 194 valence electrons. The Morgan fingerprint density at radius 3 is 2.13 bits per heavy atom. The van der Waals surface area contributed by atoms with E-state index in [2.05, 4.69) is 28.7 Å². The molecule has 0 aliphatic carbocycles. The van der Waals surface area contributed by atoms with Crippen molar-refractivity contribution in [3.05, 3.63) is 144 Å². The zero-order chi connectivity index (χ0) is 27.1. The van der Waals surface area contributed by atoms with E-state index in [4.69, 9.17) is 9.47 Å². The highest BCUT2D eigenvalue weighted by atomic mass is 16.5. The van der Waals surface area contributed by atoms with E-state index in [-0.39, 0.29) is 0 Å². The van der Waals surface area contributed by atoms with Crippen LogP contribution >= 0.6 is 0 Å². The first-order valence-electron chi connectivity index (χ1n) is 12.5. The largest absolute Gasteiger partial charge is 0.493 e. The molecule has 0 saturated heterocycles. The van der Waals surface area contributed by atoms with E-state index in [1.165, 1.54) is 6.21 Å². The van der Waals surface area contributed by atoms with Crippen LogP contribution in [0.3, 0.4) is 0 Å². The molecule has 1 amide bonds. The van der Waals surface area contributed by atoms with Gasteiger partial charge in [0.1, 0.15) is 6.61 Å². The Balaban J connectivity index is 1.40. The number of amides is 1. The van der Waals surface area contributed by atoms with Crippen molar-refractivity contribution >= 4 is 22.9 Å². The minimum absolute atomic E-state index is 0.316. The third kappa shape index (κ3) is 5.37. The normalized spacial score (nSPS) is 11.4. The Morgan fingerprint density at radius 2 is 1.44 bits per heavy atom. The van der Waals surface area contributed by atoms with Crippen LogP contribution in [-0.4, -0.2) is 24.3 Å². The zero-order valence-corrected chi connectivity index (χ0v) is 21.5. The van der Waals surface area contributed by atoms with Crippen molar-refractivity contribution < 1.29 is 19.4 Å². The number of carbonyl (C=O) groups is 1. The molecular formula is C33H28N2O4. The maximum absolute atomic E-state index is 13.4. The van der Waals surface area contributed by atoms with Gasteiger partial charge in [-0.3, -0.25) is 4.79 Å². The molecule has 5 aromatic rings. The van der Waals surface area contributed by atoms with Crippen molar-refractivity contribution in [2.75, 3.05) is 7.11 Å². The number of nitrogens with one attached hydrogen (secondary N) is 1. The Kier molecular flexibility index (Phi) is 7.66. The lowest BCUT2D eigenvalue weighted by molar-refractivity contribution is -0.136. The van der Waals surface area contributed by atoms with Gasteiger partial charge in [-0.1, -0.05) is 109 Å². The second-order valence-corrected chi connectivity index (χ2v) is 8.95. The predicted octanol–water partition coefficient (Wildman–Crippen LogP) is 5.81. The van der Waals surface area contributed by atoms with Crippen LogP contribution in [0, 0.1) is 0 Å². The van der Waals surface area contributed by atoms with Gasteiger partial charge in [0.05, 0.1) is 13.3 Å². The number of para-hydroxylation sites is 1. The summed E-state index contributed by atoms with van der Waals surface area (Å²) in [6, 6.07) is 37.2. The monoisotopic (exact) mass is 516 g/mol. The van der Waals surface area contributed by atoms with E-state index in [0.717, 1.165) is 16.3 Å². The lowest BCUT2D eigenvalue weighted by Crippen LogP contribution is -2.43. The first-order chi connectivity index (χ1) is 19.1. The van der Waals surface area contributed by atoms with Gasteiger partial charge in [-0.15, -0.1) is 0 Å². The van der Waals surface area contributed by atoms with E-state index in [1.807, 2.05) is 48.5 Å². The molecule has 0 aliphatic heterocycles. The molecule has 0 bridgehead atoms. The number of hydrazone groups is 1. The van der Waals surface area contributed by atoms with E-state index in [0.29, 0.717) is 34.8 Å². The van der Waals surface area contributed by atoms with Crippen LogP contribution in [0.25, 0.3) is 10.8 Å². The highest BCUT2D eigenvalue weighted by molar-refractivity contribution is 5.92. The van der Waals surface area contributed by atoms with Gasteiger partial charge >= 0.3 is 0 Å². The maximum atomic E-state index is 13.4. The molecule has 5 rings (SSSR count). The molecule has 6 heteroatoms. The molecule has 5 aromatic carbocycles. The third-order valence-electron chi connectivity index (χ3n) is 6.56. The van der Waals surface area contributed by atoms with Crippen LogP contribution in [-0.2, 0) is 17.0 Å². The fourth-order valence-corrected chi connectivity index (χ4v) is 4.55. The number of aliphatic hydroxyl groups is 1. The molecule has 39 heavy (non-hydrogen) atoms. The fourth-order valence-electron chi connectivity index (χ4n) is 4.55. The summed E-state index contributed by atoms with van der Waals surface area (Å²) >= 11 is 0. The van der Waals surface area contributed by atoms with Crippen LogP contribution in [0.1, 0.15) is 22.3 Å². The molecule has 0 aromatic heterocycles. The molecule has 2 N–H and O–H groups in total. The van der Waals surface area contributed by atoms with Crippen molar-refractivity contribution in [3.63, 3.8) is 0 Å². The molecule has 0 fully saturated rings. The second kappa shape index (κ2) is 11.6. The van der Waals surface area contributed by atoms with Crippen LogP contribution in [0.5, 0.6) is 11.5 Å². The van der Waals surface area contributed by atoms with Crippen molar-refractivity contribution in [1.82, 2.24) is 5.43 Å². The molecule has 0 heterocycles. The number of hydrogen-bond donors (Lipinski definition) is 2. The lowest BCUT2D eigenvalue weighted by Gasteiger charge is -2.27. The molecule has 0 unspecified atom stereocenters. The highest BCUT2D eigenvalue weighted by Gasteiger charge is 2.39. The standard InChI is InChI=1S/C33H28N2O4/c1-38-30-21-11-14-25(31(30)39-23-26-15-10-13-24-12-8-9-20-29(24)26)22-34-35-32(36)33(37,27-16-4-2-5-17-27)28-18-6-3-7-19-28/h2-22,37H,23H2,1H3,(H,35,36)/b34-22-. The summed E-state index contributed by atoms with van der Waals surface area (Å²) in [5.74, 6) is 0.347. The average Bonchev–Trinajstić information content (AvgIpc) is 3.00. The summed E-state index contributed by atoms with van der Waals surface area (Å²) in [4.78, 5) is 13.4. The number of hydrogen-bond acceptors (Lipinski definition) is 5. The molecule has 0 radical (unpaired) electrons. The first kappa shape index (κ1) is 25.7. The number of rotatable bonds is 9. The van der Waals surface area contributed by atoms with E-state index < -0.39 is 11.5 Å². The number of ether oxygens (including phenoxy) is 2. The third-order valence-corrected chi connectivity index (χ3v) is 6.56. The van der Waals surface area contributed by atoms with Crippen molar-refractivity contribution in [1.29, 1.82) is 0 Å². The molecule has 6 nitrogen and oxygen atoms in total. The van der Waals surface area contributed by atoms with Crippen molar-refractivity contribution in [2.24, 2.45) is 5.10 Å². The van der Waals surface area contributed by atoms with E-state index >= 15 is 0 Å². The Bertz CT molecular complexity index is 1560. The summed E-state index contributed by atoms with van der Waals surface area (Å²) < 4.78 is 11.8. The van der Waals surface area contributed by atoms with Crippen molar-refractivity contribution in [3.8, 4) is 11.5 Å². The van der Waals surface area contributed by atoms with E-state index in [1.54, 1.807) is 61.7 Å². The highest BCUT2D eigenvalue weighted by Crippen LogP contribution is 2.32. The average molecular weight is 517 g/mol. The van der Waals surface area contributed by atoms with Gasteiger partial charge in [0.25, 0.3) is 5.91 Å². The fraction of sp³-hybridized carbons (Fsp3) is 0.0909. The zero-order valence-electron chi connectivity index (χ0n) is 21.5. The molecule has 0 atom stereocenters. The van der Waals surface area contributed by atoms with Crippen molar-refractivity contribution in [2.45, 2.75) is 12.2 Å². The first-order valence-corrected chi connectivity index (χ1v) is 12.5. The Labute approximate surface area is 227 Å². The number of nitrogens with zero attached hydrogens (tertiary/aromatic N) is 1. The number of carbonyl (C=O) groups excluding carboxylic acids is 1. The van der Waals surface area contributed by atoms with Crippen LogP contribution in [0.2, 0.25) is 0 Å². The van der Waals surface area contributed by atoms with Gasteiger partial charge in [0.2, 0.25) is 0 Å². The SMILES string of the molecule is COc1cccc(/C=N\NC(=O)C(O)(c2ccccc2)c2ccccc2)c1OCc1cccc2ccccc12. The topological polar surface area (TPSA) is 80.2 Å². The number of benzene rings is 5. The van der Waals surface area contributed by atoms with Crippen LogP contribution in [0.15, 0.2) is 126 Å². The number of methoxy groups -OCH3 is 1. The summed E-state index contributed by atoms with van der Waals surface area (Å²) in [7, 11) is 1.57. The van der Waals surface area contributed by atoms with Gasteiger partial charge in [0, 0.05) is 5.56 Å². The smallest absolute Gasteiger partial charge is 0.281 e. The Morgan fingerprint density at radius 1 is 0.821 bits per heavy atom. The quantitative estimate of drug-likeness (QED) is 0.191. The second-order valence-electron chi connectivity index (χ2n) is 8.95. The molecule has 0 aliphatic rings. The number of fused-ring (bicyclic) bond motifs is 1. The van der Waals surface area contributed by atoms with Gasteiger partial charge in [-0.2, -0.15) is 5.10 Å². The summed E-state index contributed by atoms with van der Waals surface area (Å²) in [5, 5.41) is 18.0. The van der Waals surface area contributed by atoms with Gasteiger partial charge in [-0.25, -0.2) is 5.43 Å². The van der Waals surface area contributed by atoms with Gasteiger partial charge in [-0.05, 0) is 39.6 Å². The summed E-state index contributed by atoms with van der Waals surface area (Å²) in [6.45, 7) is 0.316. The van der Waals surface area contributed by atoms with Gasteiger partial charge < -0.3 is 14.6 Å². The Hall–Kier alpha value is -4.94. The summed E-state index contributed by atoms with van der Waals surface area (Å²) in [5.41, 5.74) is 3.10. The van der Waals surface area contributed by atoms with Crippen LogP contribution in [0.4, 0.5) is 0 Å². The summed E-state index contributed by atoms with van der Waals surface area (Å²) in [6.07, 6.45) is 1.48. The minimum Gasteiger partial charge on any atom is -0.493 e. The maximum Gasteiger partial charge on any atom is 0.281 e. The predicted molar refractivity (Wildman–Crippen MR) is 153 cm³/mol. The van der Waals surface area contributed by atoms with E-state index in [9.17, 15) is 9.90 Å².